The lowest BCUT2D eigenvalue weighted by Crippen LogP contribution is -2.29. The van der Waals surface area contributed by atoms with Crippen LogP contribution in [-0.2, 0) is 0 Å². The molecule has 1 atom stereocenters. The van der Waals surface area contributed by atoms with Crippen molar-refractivity contribution in [1.29, 1.82) is 10.5 Å². The van der Waals surface area contributed by atoms with Crippen LogP contribution in [0.5, 0.6) is 0 Å². The summed E-state index contributed by atoms with van der Waals surface area (Å²) in [6.45, 7) is 0. The minimum Gasteiger partial charge on any atom is -0.383 e. The molecular formula is C12H9N5. The molecule has 0 saturated heterocycles. The number of hydrogen-bond acceptors (Lipinski definition) is 5. The zero-order valence-electron chi connectivity index (χ0n) is 8.88. The van der Waals surface area contributed by atoms with E-state index in [4.69, 9.17) is 16.3 Å². The molecule has 82 valence electrons. The Morgan fingerprint density at radius 1 is 1.18 bits per heavy atom. The first-order valence-electron chi connectivity index (χ1n) is 4.96. The van der Waals surface area contributed by atoms with Crippen molar-refractivity contribution in [3.8, 4) is 12.1 Å². The van der Waals surface area contributed by atoms with Crippen LogP contribution in [-0.4, -0.2) is 5.71 Å². The van der Waals surface area contributed by atoms with E-state index in [1.807, 2.05) is 42.5 Å². The van der Waals surface area contributed by atoms with Gasteiger partial charge in [0.15, 0.2) is 5.71 Å². The monoisotopic (exact) mass is 223 g/mol. The maximum absolute atomic E-state index is 9.11. The van der Waals surface area contributed by atoms with Gasteiger partial charge in [-0.2, -0.15) is 15.6 Å². The zero-order chi connectivity index (χ0) is 12.3. The number of rotatable bonds is 1. The molecule has 5 heteroatoms. The molecule has 0 saturated carbocycles. The van der Waals surface area contributed by atoms with Gasteiger partial charge in [-0.05, 0) is 5.56 Å². The van der Waals surface area contributed by atoms with E-state index < -0.39 is 5.92 Å². The molecule has 0 fully saturated rings. The average molecular weight is 223 g/mol. The molecule has 1 heterocycles. The van der Waals surface area contributed by atoms with Crippen LogP contribution in [0.2, 0.25) is 0 Å². The van der Waals surface area contributed by atoms with Gasteiger partial charge in [-0.25, -0.2) is 0 Å². The fourth-order valence-corrected chi connectivity index (χ4v) is 1.72. The minimum atomic E-state index is -0.479. The molecule has 1 unspecified atom stereocenters. The van der Waals surface area contributed by atoms with Gasteiger partial charge in [0.05, 0.1) is 17.6 Å². The Bertz CT molecular complexity index is 571. The van der Waals surface area contributed by atoms with Gasteiger partial charge in [-0.3, -0.25) is 5.43 Å². The van der Waals surface area contributed by atoms with E-state index in [9.17, 15) is 0 Å². The maximum atomic E-state index is 9.11. The van der Waals surface area contributed by atoms with E-state index >= 15 is 0 Å². The second kappa shape index (κ2) is 4.38. The van der Waals surface area contributed by atoms with E-state index in [-0.39, 0.29) is 11.5 Å². The van der Waals surface area contributed by atoms with Crippen molar-refractivity contribution in [2.75, 3.05) is 0 Å². The summed E-state index contributed by atoms with van der Waals surface area (Å²) in [6, 6.07) is 13.2. The van der Waals surface area contributed by atoms with Crippen LogP contribution < -0.4 is 11.2 Å². The molecule has 1 aromatic rings. The molecule has 0 spiro atoms. The summed E-state index contributed by atoms with van der Waals surface area (Å²) in [5.74, 6) is -0.284. The lowest BCUT2D eigenvalue weighted by Gasteiger charge is -2.20. The molecule has 1 aliphatic rings. The van der Waals surface area contributed by atoms with Crippen LogP contribution >= 0.6 is 0 Å². The number of hydrogen-bond donors (Lipinski definition) is 2. The Kier molecular flexibility index (Phi) is 2.76. The summed E-state index contributed by atoms with van der Waals surface area (Å²) in [7, 11) is 0. The van der Waals surface area contributed by atoms with Crippen molar-refractivity contribution in [1.82, 2.24) is 5.43 Å². The third-order valence-corrected chi connectivity index (χ3v) is 2.52. The molecule has 0 radical (unpaired) electrons. The van der Waals surface area contributed by atoms with E-state index in [0.717, 1.165) is 5.56 Å². The number of allylic oxidation sites excluding steroid dienone is 1. The highest BCUT2D eigenvalue weighted by molar-refractivity contribution is 6.06. The second-order valence-corrected chi connectivity index (χ2v) is 3.50. The molecular weight excluding hydrogens is 214 g/mol. The Morgan fingerprint density at radius 3 is 2.47 bits per heavy atom. The van der Waals surface area contributed by atoms with Gasteiger partial charge < -0.3 is 5.73 Å². The summed E-state index contributed by atoms with van der Waals surface area (Å²) >= 11 is 0. The Balaban J connectivity index is 2.55. The van der Waals surface area contributed by atoms with E-state index in [0.29, 0.717) is 5.57 Å². The third kappa shape index (κ3) is 1.82. The maximum Gasteiger partial charge on any atom is 0.150 e. The number of hydrazone groups is 1. The van der Waals surface area contributed by atoms with Crippen molar-refractivity contribution in [2.24, 2.45) is 10.8 Å². The van der Waals surface area contributed by atoms with E-state index in [2.05, 4.69) is 10.5 Å². The first-order chi connectivity index (χ1) is 8.27. The number of nitrogens with zero attached hydrogens (tertiary/aromatic N) is 3. The quantitative estimate of drug-likeness (QED) is 0.740. The molecule has 1 aliphatic heterocycles. The SMILES string of the molecule is N#CC1=NNC(N)=C(C#N)C1c1ccccc1. The number of nitrogens with one attached hydrogen (secondary N) is 1. The highest BCUT2D eigenvalue weighted by atomic mass is 15.3. The summed E-state index contributed by atoms with van der Waals surface area (Å²) < 4.78 is 0. The molecule has 0 aliphatic carbocycles. The molecule has 2 rings (SSSR count). The predicted octanol–water partition coefficient (Wildman–Crippen LogP) is 0.947. The van der Waals surface area contributed by atoms with Crippen LogP contribution in [0, 0.1) is 22.7 Å². The average Bonchev–Trinajstić information content (AvgIpc) is 2.39. The Labute approximate surface area is 98.5 Å². The lowest BCUT2D eigenvalue weighted by atomic mass is 9.87. The molecule has 5 nitrogen and oxygen atoms in total. The molecule has 0 amide bonds. The van der Waals surface area contributed by atoms with Gasteiger partial charge >= 0.3 is 0 Å². The van der Waals surface area contributed by atoms with Gasteiger partial charge in [-0.1, -0.05) is 30.3 Å². The molecule has 0 bridgehead atoms. The molecule has 0 aromatic heterocycles. The van der Waals surface area contributed by atoms with Gasteiger partial charge in [-0.15, -0.1) is 0 Å². The van der Waals surface area contributed by atoms with Crippen molar-refractivity contribution in [2.45, 2.75) is 5.92 Å². The van der Waals surface area contributed by atoms with Crippen LogP contribution in [0.25, 0.3) is 0 Å². The van der Waals surface area contributed by atoms with Crippen molar-refractivity contribution in [3.63, 3.8) is 0 Å². The summed E-state index contributed by atoms with van der Waals surface area (Å²) in [5.41, 5.74) is 9.54. The predicted molar refractivity (Wildman–Crippen MR) is 62.2 cm³/mol. The summed E-state index contributed by atoms with van der Waals surface area (Å²) in [4.78, 5) is 0. The van der Waals surface area contributed by atoms with Crippen molar-refractivity contribution in [3.05, 3.63) is 47.3 Å². The van der Waals surface area contributed by atoms with Crippen LogP contribution in [0.4, 0.5) is 0 Å². The molecule has 3 N–H and O–H groups in total. The standard InChI is InChI=1S/C12H9N5/c13-6-9-11(8-4-2-1-3-5-8)10(7-14)16-17-12(9)15/h1-5,11,17H,15H2. The lowest BCUT2D eigenvalue weighted by molar-refractivity contribution is 0.802. The zero-order valence-corrected chi connectivity index (χ0v) is 8.88. The van der Waals surface area contributed by atoms with Crippen LogP contribution in [0.3, 0.4) is 0 Å². The number of nitriles is 2. The summed E-state index contributed by atoms with van der Waals surface area (Å²) in [5, 5.41) is 22.0. The van der Waals surface area contributed by atoms with Crippen molar-refractivity contribution >= 4 is 5.71 Å². The van der Waals surface area contributed by atoms with Crippen LogP contribution in [0.15, 0.2) is 46.8 Å². The molecule has 17 heavy (non-hydrogen) atoms. The van der Waals surface area contributed by atoms with Gasteiger partial charge in [0.2, 0.25) is 0 Å². The molecule has 1 aromatic carbocycles. The number of nitrogens with two attached hydrogens (primary N) is 1. The highest BCUT2D eigenvalue weighted by Crippen LogP contribution is 2.28. The smallest absolute Gasteiger partial charge is 0.150 e. The van der Waals surface area contributed by atoms with Gasteiger partial charge in [0.1, 0.15) is 11.9 Å². The Hall–Kier alpha value is -2.79. The fraction of sp³-hybridized carbons (Fsp3) is 0.0833. The van der Waals surface area contributed by atoms with Gasteiger partial charge in [0, 0.05) is 0 Å². The number of benzene rings is 1. The van der Waals surface area contributed by atoms with Crippen molar-refractivity contribution < 1.29 is 0 Å². The largest absolute Gasteiger partial charge is 0.383 e. The first kappa shape index (κ1) is 10.7. The first-order valence-corrected chi connectivity index (χ1v) is 4.96. The fourth-order valence-electron chi connectivity index (χ4n) is 1.72. The normalized spacial score (nSPS) is 18.7. The van der Waals surface area contributed by atoms with Crippen LogP contribution in [0.1, 0.15) is 11.5 Å². The summed E-state index contributed by atoms with van der Waals surface area (Å²) in [6.07, 6.45) is 0. The second-order valence-electron chi connectivity index (χ2n) is 3.50. The third-order valence-electron chi connectivity index (χ3n) is 2.52. The topological polar surface area (TPSA) is 98.0 Å². The highest BCUT2D eigenvalue weighted by Gasteiger charge is 2.28. The van der Waals surface area contributed by atoms with Gasteiger partial charge in [0.25, 0.3) is 0 Å². The van der Waals surface area contributed by atoms with E-state index in [1.54, 1.807) is 0 Å². The minimum absolute atomic E-state index is 0.195. The Morgan fingerprint density at radius 2 is 1.88 bits per heavy atom. The van der Waals surface area contributed by atoms with E-state index in [1.165, 1.54) is 0 Å².